The van der Waals surface area contributed by atoms with E-state index in [9.17, 15) is 4.39 Å². The van der Waals surface area contributed by atoms with Crippen LogP contribution in [0.4, 0.5) is 10.2 Å². The molecular formula is C17H13FN4OS. The van der Waals surface area contributed by atoms with Gasteiger partial charge in [0.1, 0.15) is 11.9 Å². The van der Waals surface area contributed by atoms with E-state index in [1.54, 1.807) is 18.2 Å². The monoisotopic (exact) mass is 340 g/mol. The van der Waals surface area contributed by atoms with Crippen LogP contribution in [-0.4, -0.2) is 16.5 Å². The quantitative estimate of drug-likeness (QED) is 0.743. The Morgan fingerprint density at radius 2 is 2.12 bits per heavy atom. The predicted octanol–water partition coefficient (Wildman–Crippen LogP) is 4.44. The number of thiazole rings is 1. The summed E-state index contributed by atoms with van der Waals surface area (Å²) in [6.07, 6.45) is 1.48. The molecule has 3 rings (SSSR count). The second-order valence-corrected chi connectivity index (χ2v) is 5.64. The molecule has 0 saturated carbocycles. The number of nitrogens with zero attached hydrogens (tertiary/aromatic N) is 3. The number of halogens is 1. The van der Waals surface area contributed by atoms with Gasteiger partial charge >= 0.3 is 0 Å². The lowest BCUT2D eigenvalue weighted by molar-refractivity contribution is 0.479. The molecule has 0 fully saturated rings. The molecule has 2 heterocycles. The summed E-state index contributed by atoms with van der Waals surface area (Å²) in [4.78, 5) is 8.58. The number of hydrogen-bond acceptors (Lipinski definition) is 6. The highest BCUT2D eigenvalue weighted by atomic mass is 32.1. The topological polar surface area (TPSA) is 70.8 Å². The van der Waals surface area contributed by atoms with Crippen molar-refractivity contribution in [3.63, 3.8) is 0 Å². The first-order valence-electron chi connectivity index (χ1n) is 7.23. The first-order chi connectivity index (χ1) is 11.7. The Morgan fingerprint density at radius 3 is 2.83 bits per heavy atom. The van der Waals surface area contributed by atoms with Crippen molar-refractivity contribution in [2.24, 2.45) is 0 Å². The van der Waals surface area contributed by atoms with E-state index in [-0.39, 0.29) is 5.82 Å². The molecule has 2 aromatic heterocycles. The Labute approximate surface area is 142 Å². The van der Waals surface area contributed by atoms with E-state index in [4.69, 9.17) is 10.00 Å². The Balaban J connectivity index is 1.87. The summed E-state index contributed by atoms with van der Waals surface area (Å²) in [7, 11) is 0. The van der Waals surface area contributed by atoms with Gasteiger partial charge in [0.25, 0.3) is 5.19 Å². The number of hydrogen-bond donors (Lipinski definition) is 1. The number of nitrogens with one attached hydrogen (secondary N) is 1. The maximum absolute atomic E-state index is 13.0. The molecule has 0 aliphatic carbocycles. The molecule has 0 atom stereocenters. The molecule has 7 heteroatoms. The third-order valence-corrected chi connectivity index (χ3v) is 3.86. The van der Waals surface area contributed by atoms with Crippen LogP contribution in [0.2, 0.25) is 0 Å². The first-order valence-corrected chi connectivity index (χ1v) is 8.11. The Kier molecular flexibility index (Phi) is 4.68. The van der Waals surface area contributed by atoms with Gasteiger partial charge in [-0.3, -0.25) is 0 Å². The molecule has 24 heavy (non-hydrogen) atoms. The standard InChI is InChI=1S/C17H13FN4OS/c1-2-20-16-15(7-11(8-19)9-21-16)23-17-22-14(10-24-17)12-3-5-13(18)6-4-12/h3-7,9-10H,2H2,1H3,(H,20,21). The van der Waals surface area contributed by atoms with Gasteiger partial charge in [-0.2, -0.15) is 5.26 Å². The molecule has 5 nitrogen and oxygen atoms in total. The molecule has 1 aromatic carbocycles. The van der Waals surface area contributed by atoms with Crippen molar-refractivity contribution < 1.29 is 9.13 Å². The third kappa shape index (κ3) is 3.50. The maximum atomic E-state index is 13.0. The Bertz CT molecular complexity index is 886. The normalized spacial score (nSPS) is 10.2. The minimum Gasteiger partial charge on any atom is -0.427 e. The second-order valence-electron chi connectivity index (χ2n) is 4.82. The van der Waals surface area contributed by atoms with Crippen molar-refractivity contribution in [1.29, 1.82) is 5.26 Å². The number of rotatable bonds is 5. The molecule has 0 amide bonds. The van der Waals surface area contributed by atoms with Crippen LogP contribution in [0, 0.1) is 17.1 Å². The van der Waals surface area contributed by atoms with Crippen molar-refractivity contribution in [1.82, 2.24) is 9.97 Å². The Hall–Kier alpha value is -2.98. The molecule has 1 N–H and O–H groups in total. The van der Waals surface area contributed by atoms with E-state index >= 15 is 0 Å². The van der Waals surface area contributed by atoms with E-state index in [2.05, 4.69) is 15.3 Å². The second kappa shape index (κ2) is 7.06. The van der Waals surface area contributed by atoms with Gasteiger partial charge in [-0.25, -0.2) is 14.4 Å². The first kappa shape index (κ1) is 15.9. The molecule has 0 aliphatic rings. The summed E-state index contributed by atoms with van der Waals surface area (Å²) >= 11 is 1.32. The van der Waals surface area contributed by atoms with Crippen molar-refractivity contribution in [3.05, 3.63) is 53.3 Å². The van der Waals surface area contributed by atoms with Crippen molar-refractivity contribution in [2.75, 3.05) is 11.9 Å². The summed E-state index contributed by atoms with van der Waals surface area (Å²) in [5.74, 6) is 0.700. The molecule has 0 spiro atoms. The zero-order valence-corrected chi connectivity index (χ0v) is 13.6. The largest absolute Gasteiger partial charge is 0.427 e. The number of nitriles is 1. The van der Waals surface area contributed by atoms with Crippen LogP contribution in [0.5, 0.6) is 10.9 Å². The molecule has 120 valence electrons. The van der Waals surface area contributed by atoms with Crippen molar-refractivity contribution in [2.45, 2.75) is 6.92 Å². The summed E-state index contributed by atoms with van der Waals surface area (Å²) in [5.41, 5.74) is 1.91. The fourth-order valence-electron chi connectivity index (χ4n) is 2.04. The van der Waals surface area contributed by atoms with E-state index in [1.807, 2.05) is 18.4 Å². The van der Waals surface area contributed by atoms with Gasteiger partial charge in [0.15, 0.2) is 11.6 Å². The van der Waals surface area contributed by atoms with Crippen LogP contribution in [0.3, 0.4) is 0 Å². The lowest BCUT2D eigenvalue weighted by Gasteiger charge is -2.09. The van der Waals surface area contributed by atoms with Crippen LogP contribution in [0.25, 0.3) is 11.3 Å². The van der Waals surface area contributed by atoms with E-state index in [0.29, 0.717) is 34.6 Å². The number of benzene rings is 1. The SMILES string of the molecule is CCNc1ncc(C#N)cc1Oc1nc(-c2ccc(F)cc2)cs1. The van der Waals surface area contributed by atoms with Crippen LogP contribution in [0.15, 0.2) is 41.9 Å². The van der Waals surface area contributed by atoms with Crippen LogP contribution >= 0.6 is 11.3 Å². The Morgan fingerprint density at radius 1 is 1.33 bits per heavy atom. The highest BCUT2D eigenvalue weighted by molar-refractivity contribution is 7.11. The van der Waals surface area contributed by atoms with E-state index in [0.717, 1.165) is 5.56 Å². The average Bonchev–Trinajstić information content (AvgIpc) is 3.06. The summed E-state index contributed by atoms with van der Waals surface area (Å²) < 4.78 is 18.8. The highest BCUT2D eigenvalue weighted by Gasteiger charge is 2.11. The summed E-state index contributed by atoms with van der Waals surface area (Å²) in [5, 5.41) is 14.3. The third-order valence-electron chi connectivity index (χ3n) is 3.15. The number of aromatic nitrogens is 2. The number of ether oxygens (including phenoxy) is 1. The molecule has 0 saturated heterocycles. The zero-order valence-electron chi connectivity index (χ0n) is 12.8. The predicted molar refractivity (Wildman–Crippen MR) is 90.7 cm³/mol. The molecular weight excluding hydrogens is 327 g/mol. The lowest BCUT2D eigenvalue weighted by Crippen LogP contribution is -2.02. The van der Waals surface area contributed by atoms with Gasteiger partial charge in [0.05, 0.1) is 11.3 Å². The van der Waals surface area contributed by atoms with Crippen molar-refractivity contribution in [3.8, 4) is 28.3 Å². The van der Waals surface area contributed by atoms with Gasteiger partial charge in [-0.15, -0.1) is 0 Å². The minimum absolute atomic E-state index is 0.292. The molecule has 0 aliphatic heterocycles. The van der Waals surface area contributed by atoms with E-state index < -0.39 is 0 Å². The fourth-order valence-corrected chi connectivity index (χ4v) is 2.73. The van der Waals surface area contributed by atoms with Crippen molar-refractivity contribution >= 4 is 17.2 Å². The van der Waals surface area contributed by atoms with Gasteiger partial charge < -0.3 is 10.1 Å². The zero-order chi connectivity index (χ0) is 16.9. The minimum atomic E-state index is -0.292. The van der Waals surface area contributed by atoms with Crippen LogP contribution < -0.4 is 10.1 Å². The molecule has 0 bridgehead atoms. The van der Waals surface area contributed by atoms with Crippen LogP contribution in [-0.2, 0) is 0 Å². The van der Waals surface area contributed by atoms with Gasteiger partial charge in [-0.05, 0) is 31.2 Å². The fraction of sp³-hybridized carbons (Fsp3) is 0.118. The smallest absolute Gasteiger partial charge is 0.279 e. The van der Waals surface area contributed by atoms with Gasteiger partial charge in [-0.1, -0.05) is 11.3 Å². The molecule has 0 unspecified atom stereocenters. The highest BCUT2D eigenvalue weighted by Crippen LogP contribution is 2.33. The summed E-state index contributed by atoms with van der Waals surface area (Å²) in [6.45, 7) is 2.62. The maximum Gasteiger partial charge on any atom is 0.279 e. The van der Waals surface area contributed by atoms with Gasteiger partial charge in [0, 0.05) is 29.8 Å². The van der Waals surface area contributed by atoms with E-state index in [1.165, 1.54) is 29.7 Å². The number of pyridine rings is 1. The molecule has 0 radical (unpaired) electrons. The van der Waals surface area contributed by atoms with Gasteiger partial charge in [0.2, 0.25) is 0 Å². The van der Waals surface area contributed by atoms with Crippen LogP contribution in [0.1, 0.15) is 12.5 Å². The lowest BCUT2D eigenvalue weighted by atomic mass is 10.2. The average molecular weight is 340 g/mol. The summed E-state index contributed by atoms with van der Waals surface area (Å²) in [6, 6.07) is 9.75. The molecule has 3 aromatic rings. The number of anilines is 1.